The van der Waals surface area contributed by atoms with Crippen LogP contribution in [0.3, 0.4) is 0 Å². The molecule has 0 bridgehead atoms. The van der Waals surface area contributed by atoms with Gasteiger partial charge in [0.1, 0.15) is 6.23 Å². The Hall–Kier alpha value is -2.72. The van der Waals surface area contributed by atoms with E-state index >= 15 is 0 Å². The van der Waals surface area contributed by atoms with Gasteiger partial charge in [-0.25, -0.2) is 0 Å². The predicted octanol–water partition coefficient (Wildman–Crippen LogP) is 4.79. The molecule has 1 amide bonds. The van der Waals surface area contributed by atoms with Gasteiger partial charge in [-0.15, -0.1) is 0 Å². The third-order valence-corrected chi connectivity index (χ3v) is 8.61. The molecule has 40 heavy (non-hydrogen) atoms. The summed E-state index contributed by atoms with van der Waals surface area (Å²) in [6.07, 6.45) is 3.80. The minimum atomic E-state index is -4.51. The first-order chi connectivity index (χ1) is 19.2. The number of carbonyl (C=O) groups excluding carboxylic acids is 1. The number of hydrogen-bond donors (Lipinski definition) is 3. The summed E-state index contributed by atoms with van der Waals surface area (Å²) in [5.41, 5.74) is 2.09. The Balaban J connectivity index is 1.15. The minimum absolute atomic E-state index is 0.0497. The number of rotatable bonds is 9. The van der Waals surface area contributed by atoms with Gasteiger partial charge >= 0.3 is 6.18 Å². The highest BCUT2D eigenvalue weighted by Gasteiger charge is 2.43. The van der Waals surface area contributed by atoms with Crippen LogP contribution in [0.25, 0.3) is 6.08 Å². The van der Waals surface area contributed by atoms with Crippen molar-refractivity contribution in [1.82, 2.24) is 15.5 Å². The maximum atomic E-state index is 13.0. The topological polar surface area (TPSA) is 73.8 Å². The van der Waals surface area contributed by atoms with Crippen LogP contribution in [0.15, 0.2) is 54.6 Å². The van der Waals surface area contributed by atoms with Crippen molar-refractivity contribution in [3.8, 4) is 0 Å². The molecule has 9 heteroatoms. The first kappa shape index (κ1) is 28.8. The molecule has 1 heterocycles. The van der Waals surface area contributed by atoms with Gasteiger partial charge in [-0.1, -0.05) is 55.5 Å². The van der Waals surface area contributed by atoms with E-state index < -0.39 is 18.0 Å². The largest absolute Gasteiger partial charge is 0.416 e. The van der Waals surface area contributed by atoms with Crippen LogP contribution in [0.2, 0.25) is 0 Å². The van der Waals surface area contributed by atoms with Gasteiger partial charge in [0, 0.05) is 31.2 Å². The lowest BCUT2D eigenvalue weighted by Crippen LogP contribution is -2.47. The van der Waals surface area contributed by atoms with Crippen molar-refractivity contribution >= 4 is 12.0 Å². The van der Waals surface area contributed by atoms with Crippen molar-refractivity contribution in [3.63, 3.8) is 0 Å². The number of carbonyl (C=O) groups is 1. The lowest BCUT2D eigenvalue weighted by atomic mass is 9.69. The number of hydrogen-bond acceptors (Lipinski definition) is 5. The van der Waals surface area contributed by atoms with Gasteiger partial charge in [0.05, 0.1) is 24.3 Å². The Labute approximate surface area is 233 Å². The molecule has 0 radical (unpaired) electrons. The van der Waals surface area contributed by atoms with E-state index in [1.807, 2.05) is 6.92 Å². The molecule has 5 rings (SSSR count). The Kier molecular flexibility index (Phi) is 8.66. The van der Waals surface area contributed by atoms with Gasteiger partial charge in [0.2, 0.25) is 5.91 Å². The number of amides is 1. The van der Waals surface area contributed by atoms with E-state index in [1.54, 1.807) is 0 Å². The van der Waals surface area contributed by atoms with Crippen molar-refractivity contribution in [2.75, 3.05) is 26.2 Å². The van der Waals surface area contributed by atoms with E-state index in [1.165, 1.54) is 23.3 Å². The van der Waals surface area contributed by atoms with E-state index in [0.717, 1.165) is 50.8 Å². The maximum Gasteiger partial charge on any atom is 0.416 e. The molecule has 2 fully saturated rings. The zero-order valence-corrected chi connectivity index (χ0v) is 22.8. The monoisotopic (exact) mass is 557 g/mol. The second kappa shape index (κ2) is 12.0. The first-order valence-corrected chi connectivity index (χ1v) is 14.2. The Morgan fingerprint density at radius 3 is 2.67 bits per heavy atom. The fourth-order valence-electron chi connectivity index (χ4n) is 6.48. The van der Waals surface area contributed by atoms with Crippen LogP contribution >= 0.6 is 0 Å². The van der Waals surface area contributed by atoms with Gasteiger partial charge in [0.25, 0.3) is 0 Å². The van der Waals surface area contributed by atoms with Crippen LogP contribution in [0.5, 0.6) is 0 Å². The highest BCUT2D eigenvalue weighted by atomic mass is 19.4. The van der Waals surface area contributed by atoms with Crippen LogP contribution in [0.4, 0.5) is 13.2 Å². The summed E-state index contributed by atoms with van der Waals surface area (Å²) in [6.45, 7) is 3.85. The quantitative estimate of drug-likeness (QED) is 0.387. The number of nitrogens with one attached hydrogen (secondary N) is 2. The molecule has 216 valence electrons. The van der Waals surface area contributed by atoms with Crippen molar-refractivity contribution in [2.45, 2.75) is 75.0 Å². The number of aliphatic hydroxyl groups is 1. The number of ether oxygens (including phenoxy) is 1. The standard InChI is InChI=1S/C31H38F3N3O3/c1-2-16-40-27-20-37(24-11-14-30(15-12-24)13-10-21-6-3-4-9-25(21)30)19-26(27)36-28(38)18-35-29(39)22-7-5-8-23(17-22)31(32,33)34/h3-10,13,17,24,26-27,29,35,39H,2,11-12,14-16,18-20H2,1H3,(H,36,38)/t24?,26-,27?,29?,30?/m0/s1. The van der Waals surface area contributed by atoms with Crippen LogP contribution in [0.1, 0.15) is 67.5 Å². The zero-order valence-electron chi connectivity index (χ0n) is 22.8. The van der Waals surface area contributed by atoms with Crippen molar-refractivity contribution in [2.24, 2.45) is 0 Å². The number of benzene rings is 2. The van der Waals surface area contributed by atoms with E-state index in [4.69, 9.17) is 4.74 Å². The number of fused-ring (bicyclic) bond motifs is 2. The summed E-state index contributed by atoms with van der Waals surface area (Å²) >= 11 is 0. The molecule has 1 spiro atoms. The lowest BCUT2D eigenvalue weighted by Gasteiger charge is -2.40. The molecule has 2 unspecified atom stereocenters. The molecule has 1 saturated carbocycles. The van der Waals surface area contributed by atoms with Crippen molar-refractivity contribution in [1.29, 1.82) is 0 Å². The Bertz CT molecular complexity index is 1210. The van der Waals surface area contributed by atoms with E-state index in [9.17, 15) is 23.1 Å². The van der Waals surface area contributed by atoms with E-state index in [2.05, 4.69) is 52.0 Å². The molecule has 3 N–H and O–H groups in total. The molecule has 2 aromatic rings. The fraction of sp³-hybridized carbons (Fsp3) is 0.516. The highest BCUT2D eigenvalue weighted by molar-refractivity contribution is 5.78. The number of halogens is 3. The summed E-state index contributed by atoms with van der Waals surface area (Å²) in [6, 6.07) is 13.3. The van der Waals surface area contributed by atoms with E-state index in [-0.39, 0.29) is 35.6 Å². The normalized spacial score (nSPS) is 27.2. The van der Waals surface area contributed by atoms with Crippen LogP contribution in [-0.2, 0) is 21.1 Å². The smallest absolute Gasteiger partial charge is 0.375 e. The first-order valence-electron chi connectivity index (χ1n) is 14.2. The molecule has 3 atom stereocenters. The molecular formula is C31H38F3N3O3. The summed E-state index contributed by atoms with van der Waals surface area (Å²) in [7, 11) is 0. The third-order valence-electron chi connectivity index (χ3n) is 8.61. The second-order valence-corrected chi connectivity index (χ2v) is 11.3. The summed E-state index contributed by atoms with van der Waals surface area (Å²) in [5, 5.41) is 16.0. The highest BCUT2D eigenvalue weighted by Crippen LogP contribution is 2.47. The average molecular weight is 558 g/mol. The molecule has 1 saturated heterocycles. The number of nitrogens with zero attached hydrogens (tertiary/aromatic N) is 1. The maximum absolute atomic E-state index is 13.0. The van der Waals surface area contributed by atoms with Crippen molar-refractivity contribution < 1.29 is 27.8 Å². The van der Waals surface area contributed by atoms with Crippen LogP contribution in [0, 0.1) is 0 Å². The molecule has 2 aliphatic carbocycles. The fourth-order valence-corrected chi connectivity index (χ4v) is 6.48. The number of allylic oxidation sites excluding steroid dienone is 1. The summed E-state index contributed by atoms with van der Waals surface area (Å²) in [4.78, 5) is 15.2. The summed E-state index contributed by atoms with van der Waals surface area (Å²) < 4.78 is 45.2. The second-order valence-electron chi connectivity index (χ2n) is 11.3. The molecule has 3 aliphatic rings. The van der Waals surface area contributed by atoms with Gasteiger partial charge < -0.3 is 15.2 Å². The molecule has 0 aromatic heterocycles. The molecular weight excluding hydrogens is 519 g/mol. The zero-order chi connectivity index (χ0) is 28.3. The Morgan fingerprint density at radius 1 is 1.15 bits per heavy atom. The van der Waals surface area contributed by atoms with Gasteiger partial charge in [-0.05, 0) is 60.9 Å². The van der Waals surface area contributed by atoms with Crippen LogP contribution < -0.4 is 10.6 Å². The van der Waals surface area contributed by atoms with Crippen LogP contribution in [-0.4, -0.2) is 60.3 Å². The molecule has 2 aromatic carbocycles. The molecule has 1 aliphatic heterocycles. The number of alkyl halides is 3. The van der Waals surface area contributed by atoms with Gasteiger partial charge in [-0.3, -0.25) is 15.0 Å². The predicted molar refractivity (Wildman–Crippen MR) is 147 cm³/mol. The number of likely N-dealkylation sites (tertiary alicyclic amines) is 1. The number of aliphatic hydroxyl groups excluding tert-OH is 1. The average Bonchev–Trinajstić information content (AvgIpc) is 3.52. The SMILES string of the molecule is CCCOC1CN(C2CCC3(C=Cc4ccccc43)CC2)C[C@@H]1NC(=O)CNC(O)c1cccc(C(F)(F)F)c1. The lowest BCUT2D eigenvalue weighted by molar-refractivity contribution is -0.137. The third kappa shape index (κ3) is 6.28. The molecule has 6 nitrogen and oxygen atoms in total. The minimum Gasteiger partial charge on any atom is -0.375 e. The summed E-state index contributed by atoms with van der Waals surface area (Å²) in [5.74, 6) is -0.335. The van der Waals surface area contributed by atoms with Gasteiger partial charge in [0.15, 0.2) is 0 Å². The van der Waals surface area contributed by atoms with Gasteiger partial charge in [-0.2, -0.15) is 13.2 Å². The van der Waals surface area contributed by atoms with E-state index in [0.29, 0.717) is 19.2 Å². The Morgan fingerprint density at radius 2 is 1.93 bits per heavy atom. The van der Waals surface area contributed by atoms with Crippen molar-refractivity contribution in [3.05, 3.63) is 76.9 Å².